The first-order valence-corrected chi connectivity index (χ1v) is 6.65. The summed E-state index contributed by atoms with van der Waals surface area (Å²) in [6.45, 7) is 5.87. The van der Waals surface area contributed by atoms with Crippen LogP contribution in [0.15, 0.2) is 18.2 Å². The van der Waals surface area contributed by atoms with E-state index in [1.807, 2.05) is 13.0 Å². The van der Waals surface area contributed by atoms with Crippen molar-refractivity contribution in [1.82, 2.24) is 5.32 Å². The van der Waals surface area contributed by atoms with Crippen molar-refractivity contribution >= 4 is 15.9 Å². The summed E-state index contributed by atoms with van der Waals surface area (Å²) >= 11 is 3.59. The smallest absolute Gasteiger partial charge is 0.123 e. The van der Waals surface area contributed by atoms with Gasteiger partial charge in [-0.2, -0.15) is 0 Å². The molecule has 1 nitrogen and oxygen atoms in total. The third-order valence-corrected chi connectivity index (χ3v) is 3.81. The van der Waals surface area contributed by atoms with E-state index in [2.05, 4.69) is 28.2 Å². The van der Waals surface area contributed by atoms with Crippen LogP contribution in [-0.2, 0) is 6.54 Å². The van der Waals surface area contributed by atoms with Gasteiger partial charge in [0.05, 0.1) is 0 Å². The zero-order valence-corrected chi connectivity index (χ0v) is 11.5. The minimum Gasteiger partial charge on any atom is -0.313 e. The Hall–Kier alpha value is -0.410. The molecule has 90 valence electrons. The molecule has 0 aliphatic rings. The molecule has 0 spiro atoms. The number of halogens is 2. The van der Waals surface area contributed by atoms with E-state index in [1.54, 1.807) is 6.07 Å². The molecule has 1 N–H and O–H groups in total. The Morgan fingerprint density at radius 1 is 1.44 bits per heavy atom. The number of hydrogen-bond acceptors (Lipinski definition) is 1. The molecular weight excluding hydrogens is 269 g/mol. The number of benzene rings is 1. The molecule has 0 bridgehead atoms. The zero-order chi connectivity index (χ0) is 12.0. The summed E-state index contributed by atoms with van der Waals surface area (Å²) in [4.78, 5) is 0.577. The van der Waals surface area contributed by atoms with Crippen molar-refractivity contribution in [2.24, 2.45) is 0 Å². The predicted octanol–water partition coefficient (Wildman–Crippen LogP) is 3.79. The molecule has 0 aromatic heterocycles. The van der Waals surface area contributed by atoms with Crippen LogP contribution in [0.5, 0.6) is 0 Å². The Balaban J connectivity index is 2.34. The maximum Gasteiger partial charge on any atom is 0.123 e. The molecule has 1 aromatic carbocycles. The van der Waals surface area contributed by atoms with Crippen molar-refractivity contribution in [3.63, 3.8) is 0 Å². The normalized spacial score (nSPS) is 12.8. The van der Waals surface area contributed by atoms with Crippen molar-refractivity contribution in [3.8, 4) is 0 Å². The molecule has 0 fully saturated rings. The Labute approximate surface area is 106 Å². The highest BCUT2D eigenvalue weighted by atomic mass is 79.9. The van der Waals surface area contributed by atoms with Gasteiger partial charge in [-0.25, -0.2) is 4.39 Å². The molecule has 0 aliphatic carbocycles. The first-order chi connectivity index (χ1) is 7.63. The third-order valence-electron chi connectivity index (χ3n) is 2.70. The number of aryl methyl sites for hydroxylation is 1. The highest BCUT2D eigenvalue weighted by Crippen LogP contribution is 2.11. The molecule has 0 heterocycles. The molecule has 0 saturated carbocycles. The maximum absolute atomic E-state index is 13.0. The standard InChI is InChI=1S/C13H19BrFN/c1-3-12(14)6-7-16-9-11-8-13(15)5-4-10(11)2/h4-5,8,12,16H,3,6-7,9H2,1-2H3. The summed E-state index contributed by atoms with van der Waals surface area (Å²) in [5, 5.41) is 3.34. The van der Waals surface area contributed by atoms with Crippen LogP contribution in [0.4, 0.5) is 4.39 Å². The quantitative estimate of drug-likeness (QED) is 0.620. The third kappa shape index (κ3) is 4.62. The molecule has 0 amide bonds. The molecule has 1 unspecified atom stereocenters. The molecule has 1 atom stereocenters. The average molecular weight is 288 g/mol. The fourth-order valence-corrected chi connectivity index (χ4v) is 1.75. The molecule has 1 rings (SSSR count). The van der Waals surface area contributed by atoms with Gasteiger partial charge in [-0.1, -0.05) is 28.9 Å². The molecule has 16 heavy (non-hydrogen) atoms. The van der Waals surface area contributed by atoms with Crippen LogP contribution in [0, 0.1) is 12.7 Å². The van der Waals surface area contributed by atoms with Gasteiger partial charge in [0, 0.05) is 11.4 Å². The van der Waals surface area contributed by atoms with Gasteiger partial charge in [0.25, 0.3) is 0 Å². The Morgan fingerprint density at radius 2 is 2.19 bits per heavy atom. The van der Waals surface area contributed by atoms with Gasteiger partial charge >= 0.3 is 0 Å². The highest BCUT2D eigenvalue weighted by Gasteiger charge is 2.02. The van der Waals surface area contributed by atoms with Crippen LogP contribution < -0.4 is 5.32 Å². The highest BCUT2D eigenvalue weighted by molar-refractivity contribution is 9.09. The second kappa shape index (κ2) is 7.02. The lowest BCUT2D eigenvalue weighted by Crippen LogP contribution is -2.18. The predicted molar refractivity (Wildman–Crippen MR) is 70.5 cm³/mol. The summed E-state index contributed by atoms with van der Waals surface area (Å²) in [5.41, 5.74) is 2.18. The number of rotatable bonds is 6. The number of hydrogen-bond donors (Lipinski definition) is 1. The van der Waals surface area contributed by atoms with Crippen molar-refractivity contribution in [3.05, 3.63) is 35.1 Å². The van der Waals surface area contributed by atoms with Gasteiger partial charge < -0.3 is 5.32 Å². The van der Waals surface area contributed by atoms with Gasteiger partial charge in [-0.15, -0.1) is 0 Å². The molecule has 0 aliphatic heterocycles. The largest absolute Gasteiger partial charge is 0.313 e. The average Bonchev–Trinajstić information content (AvgIpc) is 2.28. The SMILES string of the molecule is CCC(Br)CCNCc1cc(F)ccc1C. The monoisotopic (exact) mass is 287 g/mol. The van der Waals surface area contributed by atoms with Crippen molar-refractivity contribution in [1.29, 1.82) is 0 Å². The fourth-order valence-electron chi connectivity index (χ4n) is 1.52. The van der Waals surface area contributed by atoms with E-state index in [4.69, 9.17) is 0 Å². The van der Waals surface area contributed by atoms with Crippen molar-refractivity contribution in [2.75, 3.05) is 6.54 Å². The van der Waals surface area contributed by atoms with Gasteiger partial charge in [0.15, 0.2) is 0 Å². The van der Waals surface area contributed by atoms with Crippen LogP contribution in [0.2, 0.25) is 0 Å². The first kappa shape index (κ1) is 13.7. The van der Waals surface area contributed by atoms with Crippen LogP contribution in [-0.4, -0.2) is 11.4 Å². The van der Waals surface area contributed by atoms with E-state index in [0.29, 0.717) is 4.83 Å². The molecule has 1 aromatic rings. The van der Waals surface area contributed by atoms with Gasteiger partial charge in [0.2, 0.25) is 0 Å². The lowest BCUT2D eigenvalue weighted by atomic mass is 10.1. The molecule has 0 saturated heterocycles. The number of nitrogens with one attached hydrogen (secondary N) is 1. The summed E-state index contributed by atoms with van der Waals surface area (Å²) in [6, 6.07) is 4.93. The Bertz CT molecular complexity index is 328. The lowest BCUT2D eigenvalue weighted by molar-refractivity contribution is 0.609. The van der Waals surface area contributed by atoms with E-state index in [0.717, 1.165) is 37.1 Å². The van der Waals surface area contributed by atoms with E-state index in [9.17, 15) is 4.39 Å². The summed E-state index contributed by atoms with van der Waals surface area (Å²) in [7, 11) is 0. The second-order valence-corrected chi connectivity index (χ2v) is 5.34. The van der Waals surface area contributed by atoms with Gasteiger partial charge in [0.1, 0.15) is 5.82 Å². The molecule has 0 radical (unpaired) electrons. The van der Waals surface area contributed by atoms with Crippen LogP contribution in [0.1, 0.15) is 30.9 Å². The van der Waals surface area contributed by atoms with Crippen LogP contribution in [0.3, 0.4) is 0 Å². The summed E-state index contributed by atoms with van der Waals surface area (Å²) < 4.78 is 13.0. The second-order valence-electron chi connectivity index (χ2n) is 4.04. The number of alkyl halides is 1. The minimum absolute atomic E-state index is 0.158. The topological polar surface area (TPSA) is 12.0 Å². The van der Waals surface area contributed by atoms with Crippen LogP contribution in [0.25, 0.3) is 0 Å². The van der Waals surface area contributed by atoms with Crippen molar-refractivity contribution in [2.45, 2.75) is 38.1 Å². The van der Waals surface area contributed by atoms with Gasteiger partial charge in [-0.3, -0.25) is 0 Å². The first-order valence-electron chi connectivity index (χ1n) is 5.73. The van der Waals surface area contributed by atoms with E-state index < -0.39 is 0 Å². The van der Waals surface area contributed by atoms with E-state index >= 15 is 0 Å². The summed E-state index contributed by atoms with van der Waals surface area (Å²) in [6.07, 6.45) is 2.24. The summed E-state index contributed by atoms with van der Waals surface area (Å²) in [5.74, 6) is -0.158. The fraction of sp³-hybridized carbons (Fsp3) is 0.538. The maximum atomic E-state index is 13.0. The van der Waals surface area contributed by atoms with E-state index in [-0.39, 0.29) is 5.82 Å². The minimum atomic E-state index is -0.158. The molecular formula is C13H19BrFN. The zero-order valence-electron chi connectivity index (χ0n) is 9.89. The Kier molecular flexibility index (Phi) is 5.99. The lowest BCUT2D eigenvalue weighted by Gasteiger charge is -2.10. The Morgan fingerprint density at radius 3 is 2.88 bits per heavy atom. The van der Waals surface area contributed by atoms with Gasteiger partial charge in [-0.05, 0) is 49.6 Å². The van der Waals surface area contributed by atoms with Crippen LogP contribution >= 0.6 is 15.9 Å². The molecule has 3 heteroatoms. The van der Waals surface area contributed by atoms with Crippen molar-refractivity contribution < 1.29 is 4.39 Å². The van der Waals surface area contributed by atoms with E-state index in [1.165, 1.54) is 6.07 Å².